The van der Waals surface area contributed by atoms with Gasteiger partial charge >= 0.3 is 11.9 Å². The molecule has 0 amide bonds. The van der Waals surface area contributed by atoms with Gasteiger partial charge in [0.25, 0.3) is 0 Å². The normalized spacial score (nSPS) is 20.1. The number of esters is 2. The van der Waals surface area contributed by atoms with E-state index >= 15 is 0 Å². The summed E-state index contributed by atoms with van der Waals surface area (Å²) < 4.78 is 10.6. The zero-order chi connectivity index (χ0) is 17.7. The number of hydrogen-bond acceptors (Lipinski definition) is 4. The fraction of sp³-hybridized carbons (Fsp3) is 0.400. The Labute approximate surface area is 143 Å². The highest BCUT2D eigenvalue weighted by Gasteiger charge is 2.25. The van der Waals surface area contributed by atoms with Gasteiger partial charge in [-0.1, -0.05) is 25.3 Å². The second-order valence-electron chi connectivity index (χ2n) is 6.40. The minimum atomic E-state index is -0.414. The summed E-state index contributed by atoms with van der Waals surface area (Å²) in [6, 6.07) is 7.60. The topological polar surface area (TPSA) is 52.6 Å². The summed E-state index contributed by atoms with van der Waals surface area (Å²) in [7, 11) is 0. The van der Waals surface area contributed by atoms with Crippen molar-refractivity contribution in [3.63, 3.8) is 0 Å². The molecule has 0 atom stereocenters. The fourth-order valence-corrected chi connectivity index (χ4v) is 2.77. The predicted molar refractivity (Wildman–Crippen MR) is 92.8 cm³/mol. The van der Waals surface area contributed by atoms with Crippen LogP contribution in [0, 0.1) is 0 Å². The SMILES string of the molecule is C=C(C)C(=O)Oc1ccc([C@H]2CC[C@H](OC(=O)C(=C)C)CC2)cc1. The predicted octanol–water partition coefficient (Wildman–Crippen LogP) is 4.31. The van der Waals surface area contributed by atoms with Crippen molar-refractivity contribution in [2.24, 2.45) is 0 Å². The van der Waals surface area contributed by atoms with Gasteiger partial charge in [0.15, 0.2) is 0 Å². The van der Waals surface area contributed by atoms with E-state index in [4.69, 9.17) is 9.47 Å². The minimum Gasteiger partial charge on any atom is -0.459 e. The fourth-order valence-electron chi connectivity index (χ4n) is 2.77. The van der Waals surface area contributed by atoms with Gasteiger partial charge < -0.3 is 9.47 Å². The van der Waals surface area contributed by atoms with E-state index in [0.717, 1.165) is 25.7 Å². The van der Waals surface area contributed by atoms with Crippen LogP contribution in [0.1, 0.15) is 51.0 Å². The lowest BCUT2D eigenvalue weighted by Gasteiger charge is -2.28. The van der Waals surface area contributed by atoms with Gasteiger partial charge in [0, 0.05) is 11.1 Å². The van der Waals surface area contributed by atoms with Crippen molar-refractivity contribution in [3.05, 3.63) is 54.1 Å². The highest BCUT2D eigenvalue weighted by Crippen LogP contribution is 2.34. The Morgan fingerprint density at radius 1 is 0.917 bits per heavy atom. The Kier molecular flexibility index (Phi) is 5.96. The van der Waals surface area contributed by atoms with Gasteiger partial charge in [-0.2, -0.15) is 0 Å². The molecule has 1 aromatic rings. The van der Waals surface area contributed by atoms with Gasteiger partial charge in [0.1, 0.15) is 11.9 Å². The van der Waals surface area contributed by atoms with Crippen molar-refractivity contribution < 1.29 is 19.1 Å². The van der Waals surface area contributed by atoms with Crippen LogP contribution in [-0.2, 0) is 14.3 Å². The molecule has 0 unspecified atom stereocenters. The molecule has 1 saturated carbocycles. The molecule has 0 N–H and O–H groups in total. The van der Waals surface area contributed by atoms with Crippen LogP contribution < -0.4 is 4.74 Å². The molecular formula is C20H24O4. The van der Waals surface area contributed by atoms with Gasteiger partial charge in [-0.05, 0) is 63.1 Å². The van der Waals surface area contributed by atoms with Crippen LogP contribution in [0.4, 0.5) is 0 Å². The van der Waals surface area contributed by atoms with Crippen LogP contribution in [0.25, 0.3) is 0 Å². The van der Waals surface area contributed by atoms with Crippen LogP contribution in [0.2, 0.25) is 0 Å². The zero-order valence-corrected chi connectivity index (χ0v) is 14.3. The van der Waals surface area contributed by atoms with E-state index in [1.54, 1.807) is 13.8 Å². The Hall–Kier alpha value is -2.36. The summed E-state index contributed by atoms with van der Waals surface area (Å²) in [5.41, 5.74) is 2.04. The molecule has 1 aromatic carbocycles. The summed E-state index contributed by atoms with van der Waals surface area (Å²) in [6.07, 6.45) is 3.64. The Balaban J connectivity index is 1.88. The largest absolute Gasteiger partial charge is 0.459 e. The van der Waals surface area contributed by atoms with E-state index in [1.807, 2.05) is 24.3 Å². The van der Waals surface area contributed by atoms with E-state index in [2.05, 4.69) is 13.2 Å². The Morgan fingerprint density at radius 3 is 1.96 bits per heavy atom. The maximum atomic E-state index is 11.6. The highest BCUT2D eigenvalue weighted by atomic mass is 16.5. The second-order valence-corrected chi connectivity index (χ2v) is 6.40. The van der Waals surface area contributed by atoms with Gasteiger partial charge in [0.2, 0.25) is 0 Å². The lowest BCUT2D eigenvalue weighted by atomic mass is 9.83. The molecular weight excluding hydrogens is 304 g/mol. The molecule has 4 nitrogen and oxygen atoms in total. The molecule has 1 aliphatic rings. The molecule has 0 bridgehead atoms. The van der Waals surface area contributed by atoms with E-state index < -0.39 is 5.97 Å². The first kappa shape index (κ1) is 18.0. The summed E-state index contributed by atoms with van der Waals surface area (Å²) >= 11 is 0. The third-order valence-electron chi connectivity index (χ3n) is 4.21. The number of hydrogen-bond donors (Lipinski definition) is 0. The molecule has 0 spiro atoms. The van der Waals surface area contributed by atoms with Crippen molar-refractivity contribution in [3.8, 4) is 5.75 Å². The summed E-state index contributed by atoms with van der Waals surface area (Å²) in [5, 5.41) is 0. The molecule has 128 valence electrons. The van der Waals surface area contributed by atoms with Gasteiger partial charge in [0.05, 0.1) is 0 Å². The third kappa shape index (κ3) is 4.82. The molecule has 0 radical (unpaired) electrons. The quantitative estimate of drug-likeness (QED) is 0.459. The zero-order valence-electron chi connectivity index (χ0n) is 14.3. The number of benzene rings is 1. The van der Waals surface area contributed by atoms with Gasteiger partial charge in [-0.15, -0.1) is 0 Å². The first-order valence-corrected chi connectivity index (χ1v) is 8.21. The highest BCUT2D eigenvalue weighted by molar-refractivity contribution is 5.88. The van der Waals surface area contributed by atoms with Crippen molar-refractivity contribution in [2.45, 2.75) is 51.6 Å². The molecule has 0 aliphatic heterocycles. The average Bonchev–Trinajstić information content (AvgIpc) is 2.56. The van der Waals surface area contributed by atoms with Crippen molar-refractivity contribution >= 4 is 11.9 Å². The number of ether oxygens (including phenoxy) is 2. The molecule has 0 saturated heterocycles. The van der Waals surface area contributed by atoms with Crippen molar-refractivity contribution in [1.29, 1.82) is 0 Å². The molecule has 2 rings (SSSR count). The number of carbonyl (C=O) groups excluding carboxylic acids is 2. The molecule has 24 heavy (non-hydrogen) atoms. The van der Waals surface area contributed by atoms with Crippen molar-refractivity contribution in [2.75, 3.05) is 0 Å². The molecule has 0 heterocycles. The molecule has 0 aromatic heterocycles. The molecule has 4 heteroatoms. The third-order valence-corrected chi connectivity index (χ3v) is 4.21. The van der Waals surface area contributed by atoms with E-state index in [-0.39, 0.29) is 12.1 Å². The molecule has 1 fully saturated rings. The Morgan fingerprint density at radius 2 is 1.46 bits per heavy atom. The lowest BCUT2D eigenvalue weighted by molar-refractivity contribution is -0.145. The molecule has 1 aliphatic carbocycles. The first-order chi connectivity index (χ1) is 11.4. The monoisotopic (exact) mass is 328 g/mol. The van der Waals surface area contributed by atoms with Crippen LogP contribution in [0.5, 0.6) is 5.75 Å². The van der Waals surface area contributed by atoms with Crippen LogP contribution in [-0.4, -0.2) is 18.0 Å². The Bertz CT molecular complexity index is 634. The van der Waals surface area contributed by atoms with Gasteiger partial charge in [-0.3, -0.25) is 0 Å². The van der Waals surface area contributed by atoms with Crippen LogP contribution >= 0.6 is 0 Å². The first-order valence-electron chi connectivity index (χ1n) is 8.21. The second kappa shape index (κ2) is 7.95. The summed E-state index contributed by atoms with van der Waals surface area (Å²) in [4.78, 5) is 23.1. The average molecular weight is 328 g/mol. The summed E-state index contributed by atoms with van der Waals surface area (Å²) in [6.45, 7) is 10.5. The van der Waals surface area contributed by atoms with Crippen molar-refractivity contribution in [1.82, 2.24) is 0 Å². The number of rotatable bonds is 5. The number of carbonyl (C=O) groups is 2. The van der Waals surface area contributed by atoms with Gasteiger partial charge in [-0.25, -0.2) is 9.59 Å². The summed E-state index contributed by atoms with van der Waals surface area (Å²) in [5.74, 6) is 0.246. The maximum absolute atomic E-state index is 11.6. The van der Waals surface area contributed by atoms with E-state index in [1.165, 1.54) is 5.56 Å². The van der Waals surface area contributed by atoms with Crippen LogP contribution in [0.3, 0.4) is 0 Å². The van der Waals surface area contributed by atoms with E-state index in [0.29, 0.717) is 22.8 Å². The minimum absolute atomic E-state index is 0.0127. The van der Waals surface area contributed by atoms with Crippen LogP contribution in [0.15, 0.2) is 48.6 Å². The maximum Gasteiger partial charge on any atom is 0.338 e. The smallest absolute Gasteiger partial charge is 0.338 e. The van der Waals surface area contributed by atoms with E-state index in [9.17, 15) is 9.59 Å². The standard InChI is InChI=1S/C20H24O4/c1-13(2)19(21)23-17-9-5-15(6-10-17)16-7-11-18(12-8-16)24-20(22)14(3)4/h5-6,9-10,16,18H,1,3,7-8,11-12H2,2,4H3/t16-,18-. The lowest BCUT2D eigenvalue weighted by Crippen LogP contribution is -2.24.